The zero-order valence-corrected chi connectivity index (χ0v) is 9.07. The monoisotopic (exact) mass is 201 g/mol. The first-order valence-electron chi connectivity index (χ1n) is 4.73. The molecule has 0 fully saturated rings. The van der Waals surface area contributed by atoms with Gasteiger partial charge >= 0.3 is 5.97 Å². The summed E-state index contributed by atoms with van der Waals surface area (Å²) in [5.41, 5.74) is 0. The Morgan fingerprint density at radius 1 is 1.21 bits per heavy atom. The third-order valence-electron chi connectivity index (χ3n) is 1.98. The van der Waals surface area contributed by atoms with Gasteiger partial charge in [-0.1, -0.05) is 27.7 Å². The summed E-state index contributed by atoms with van der Waals surface area (Å²) in [6.45, 7) is 6.81. The van der Waals surface area contributed by atoms with E-state index in [-0.39, 0.29) is 24.4 Å². The summed E-state index contributed by atoms with van der Waals surface area (Å²) < 4.78 is 4.83. The molecule has 14 heavy (non-hydrogen) atoms. The zero-order chi connectivity index (χ0) is 11.3. The second-order valence-corrected chi connectivity index (χ2v) is 3.95. The third-order valence-corrected chi connectivity index (χ3v) is 1.98. The minimum Gasteiger partial charge on any atom is -0.550 e. The van der Waals surface area contributed by atoms with Gasteiger partial charge in [-0.3, -0.25) is 4.79 Å². The Kier molecular flexibility index (Phi) is 5.20. The molecule has 0 N–H and O–H groups in total. The lowest BCUT2D eigenvalue weighted by atomic mass is 9.97. The van der Waals surface area contributed by atoms with Gasteiger partial charge in [0.15, 0.2) is 0 Å². The van der Waals surface area contributed by atoms with Crippen molar-refractivity contribution in [2.75, 3.05) is 6.61 Å². The molecule has 0 spiro atoms. The number of rotatable bonds is 5. The molecule has 4 nitrogen and oxygen atoms in total. The molecule has 82 valence electrons. The number of aliphatic carboxylic acids is 1. The maximum absolute atomic E-state index is 11.1. The summed E-state index contributed by atoms with van der Waals surface area (Å²) in [6.07, 6.45) is 0. The smallest absolute Gasteiger partial charge is 0.308 e. The van der Waals surface area contributed by atoms with E-state index in [9.17, 15) is 14.7 Å². The number of carbonyl (C=O) groups excluding carboxylic acids is 2. The maximum Gasteiger partial charge on any atom is 0.308 e. The van der Waals surface area contributed by atoms with Crippen molar-refractivity contribution in [3.05, 3.63) is 0 Å². The van der Waals surface area contributed by atoms with Crippen LogP contribution in [0, 0.1) is 17.8 Å². The van der Waals surface area contributed by atoms with E-state index in [0.29, 0.717) is 0 Å². The van der Waals surface area contributed by atoms with E-state index in [2.05, 4.69) is 0 Å². The summed E-state index contributed by atoms with van der Waals surface area (Å²) in [5, 5.41) is 10.6. The highest BCUT2D eigenvalue weighted by Crippen LogP contribution is 2.11. The minimum atomic E-state index is -1.17. The van der Waals surface area contributed by atoms with Crippen LogP contribution < -0.4 is 5.11 Å². The second kappa shape index (κ2) is 5.62. The molecule has 0 aliphatic carbocycles. The fourth-order valence-corrected chi connectivity index (χ4v) is 0.871. The molecule has 4 heteroatoms. The van der Waals surface area contributed by atoms with Crippen molar-refractivity contribution in [2.45, 2.75) is 27.7 Å². The van der Waals surface area contributed by atoms with E-state index < -0.39 is 11.9 Å². The van der Waals surface area contributed by atoms with Gasteiger partial charge in [0.05, 0.1) is 12.5 Å². The van der Waals surface area contributed by atoms with Crippen LogP contribution in [0.5, 0.6) is 0 Å². The van der Waals surface area contributed by atoms with E-state index in [1.807, 2.05) is 0 Å². The molecule has 0 aliphatic rings. The summed E-state index contributed by atoms with van der Waals surface area (Å²) in [6, 6.07) is 0. The Labute approximate surface area is 84.3 Å². The van der Waals surface area contributed by atoms with Crippen molar-refractivity contribution in [3.8, 4) is 0 Å². The highest BCUT2D eigenvalue weighted by Gasteiger charge is 2.18. The number of ether oxygens (including phenoxy) is 1. The molecule has 0 aromatic rings. The molecule has 0 saturated heterocycles. The highest BCUT2D eigenvalue weighted by molar-refractivity contribution is 5.72. The molecule has 0 saturated carbocycles. The first-order chi connectivity index (χ1) is 6.36. The van der Waals surface area contributed by atoms with Gasteiger partial charge in [-0.25, -0.2) is 0 Å². The quantitative estimate of drug-likeness (QED) is 0.596. The molecule has 0 aromatic carbocycles. The van der Waals surface area contributed by atoms with Crippen molar-refractivity contribution < 1.29 is 19.4 Å². The minimum absolute atomic E-state index is 0.0973. The largest absolute Gasteiger partial charge is 0.550 e. The van der Waals surface area contributed by atoms with Crippen molar-refractivity contribution in [2.24, 2.45) is 17.8 Å². The first kappa shape index (κ1) is 12.9. The Balaban J connectivity index is 4.08. The van der Waals surface area contributed by atoms with Gasteiger partial charge in [0, 0.05) is 11.9 Å². The Hall–Kier alpha value is -1.06. The normalized spacial score (nSPS) is 13.0. The number of hydrogen-bond acceptors (Lipinski definition) is 4. The number of carboxylic acid groups (broad SMARTS) is 1. The Morgan fingerprint density at radius 3 is 2.00 bits per heavy atom. The summed E-state index contributed by atoms with van der Waals surface area (Å²) in [4.78, 5) is 21.7. The SMILES string of the molecule is CC(C)C(=O)OCC(C(=O)[O-])C(C)C. The van der Waals surface area contributed by atoms with Crippen LogP contribution >= 0.6 is 0 Å². The average molecular weight is 201 g/mol. The topological polar surface area (TPSA) is 66.4 Å². The van der Waals surface area contributed by atoms with Crippen molar-refractivity contribution in [1.82, 2.24) is 0 Å². The van der Waals surface area contributed by atoms with E-state index in [0.717, 1.165) is 0 Å². The summed E-state index contributed by atoms with van der Waals surface area (Å²) in [5.74, 6) is -2.60. The molecule has 1 atom stereocenters. The van der Waals surface area contributed by atoms with Crippen LogP contribution in [0.3, 0.4) is 0 Å². The standard InChI is InChI=1S/C10H18O4/c1-6(2)8(9(11)12)5-14-10(13)7(3)4/h6-8H,5H2,1-4H3,(H,11,12)/p-1. The first-order valence-corrected chi connectivity index (χ1v) is 4.73. The van der Waals surface area contributed by atoms with E-state index in [1.54, 1.807) is 27.7 Å². The lowest BCUT2D eigenvalue weighted by Crippen LogP contribution is -2.38. The fraction of sp³-hybridized carbons (Fsp3) is 0.800. The molecule has 1 unspecified atom stereocenters. The van der Waals surface area contributed by atoms with Crippen molar-refractivity contribution in [1.29, 1.82) is 0 Å². The van der Waals surface area contributed by atoms with Gasteiger partial charge in [0.25, 0.3) is 0 Å². The number of esters is 1. The molecule has 0 rings (SSSR count). The van der Waals surface area contributed by atoms with Crippen LogP contribution in [0.4, 0.5) is 0 Å². The van der Waals surface area contributed by atoms with Crippen molar-refractivity contribution >= 4 is 11.9 Å². The van der Waals surface area contributed by atoms with Gasteiger partial charge in [0.1, 0.15) is 0 Å². The Morgan fingerprint density at radius 2 is 1.71 bits per heavy atom. The fourth-order valence-electron chi connectivity index (χ4n) is 0.871. The lowest BCUT2D eigenvalue weighted by molar-refractivity contribution is -0.314. The molecule has 0 heterocycles. The van der Waals surface area contributed by atoms with Gasteiger partial charge < -0.3 is 14.6 Å². The average Bonchev–Trinajstić information content (AvgIpc) is 2.02. The van der Waals surface area contributed by atoms with Crippen LogP contribution in [-0.4, -0.2) is 18.5 Å². The Bertz CT molecular complexity index is 208. The predicted octanol–water partition coefficient (Wildman–Crippen LogP) is 0.208. The molecular formula is C10H17O4-. The van der Waals surface area contributed by atoms with Gasteiger partial charge in [0.2, 0.25) is 0 Å². The molecule has 0 amide bonds. The van der Waals surface area contributed by atoms with Crippen LogP contribution in [0.1, 0.15) is 27.7 Å². The number of carboxylic acids is 1. The summed E-state index contributed by atoms with van der Waals surface area (Å²) >= 11 is 0. The number of hydrogen-bond donors (Lipinski definition) is 0. The van der Waals surface area contributed by atoms with Crippen LogP contribution in [-0.2, 0) is 14.3 Å². The number of carbonyl (C=O) groups is 2. The maximum atomic E-state index is 11.1. The molecule has 0 aromatic heterocycles. The van der Waals surface area contributed by atoms with E-state index in [1.165, 1.54) is 0 Å². The summed E-state index contributed by atoms with van der Waals surface area (Å²) in [7, 11) is 0. The molecule has 0 bridgehead atoms. The second-order valence-electron chi connectivity index (χ2n) is 3.95. The van der Waals surface area contributed by atoms with Gasteiger partial charge in [-0.2, -0.15) is 0 Å². The lowest BCUT2D eigenvalue weighted by Gasteiger charge is -2.21. The van der Waals surface area contributed by atoms with E-state index >= 15 is 0 Å². The van der Waals surface area contributed by atoms with Crippen molar-refractivity contribution in [3.63, 3.8) is 0 Å². The van der Waals surface area contributed by atoms with Crippen LogP contribution in [0.2, 0.25) is 0 Å². The molecule has 0 aliphatic heterocycles. The van der Waals surface area contributed by atoms with E-state index in [4.69, 9.17) is 4.74 Å². The zero-order valence-electron chi connectivity index (χ0n) is 9.07. The highest BCUT2D eigenvalue weighted by atomic mass is 16.5. The third kappa shape index (κ3) is 4.25. The van der Waals surface area contributed by atoms with Crippen LogP contribution in [0.25, 0.3) is 0 Å². The molecular weight excluding hydrogens is 184 g/mol. The van der Waals surface area contributed by atoms with Gasteiger partial charge in [-0.05, 0) is 5.92 Å². The van der Waals surface area contributed by atoms with Gasteiger partial charge in [-0.15, -0.1) is 0 Å². The predicted molar refractivity (Wildman–Crippen MR) is 49.1 cm³/mol. The molecule has 0 radical (unpaired) electrons. The van der Waals surface area contributed by atoms with Crippen LogP contribution in [0.15, 0.2) is 0 Å².